The van der Waals surface area contributed by atoms with Crippen molar-refractivity contribution >= 4 is 0 Å². The summed E-state index contributed by atoms with van der Waals surface area (Å²) >= 11 is 0. The molecule has 1 heterocycles. The molecule has 1 aromatic heterocycles. The lowest BCUT2D eigenvalue weighted by molar-refractivity contribution is 0.245. The third-order valence-corrected chi connectivity index (χ3v) is 3.54. The van der Waals surface area contributed by atoms with Crippen LogP contribution in [0.3, 0.4) is 0 Å². The van der Waals surface area contributed by atoms with Crippen molar-refractivity contribution in [3.63, 3.8) is 0 Å². The van der Waals surface area contributed by atoms with Gasteiger partial charge in [0.25, 0.3) is 0 Å². The molecule has 0 saturated heterocycles. The summed E-state index contributed by atoms with van der Waals surface area (Å²) in [6, 6.07) is 0. The van der Waals surface area contributed by atoms with Crippen molar-refractivity contribution in [1.29, 1.82) is 0 Å². The van der Waals surface area contributed by atoms with Crippen LogP contribution in [0.25, 0.3) is 0 Å². The van der Waals surface area contributed by atoms with E-state index >= 15 is 0 Å². The molecule has 1 N–H and O–H groups in total. The highest BCUT2D eigenvalue weighted by molar-refractivity contribution is 5.06. The first-order valence-electron chi connectivity index (χ1n) is 6.59. The molecule has 1 aromatic rings. The van der Waals surface area contributed by atoms with Crippen LogP contribution in [0.1, 0.15) is 70.4 Å². The molecule has 1 aliphatic rings. The second-order valence-corrected chi connectivity index (χ2v) is 5.97. The summed E-state index contributed by atoms with van der Waals surface area (Å²) in [7, 11) is 0. The minimum Gasteiger partial charge on any atom is -0.388 e. The van der Waals surface area contributed by atoms with Crippen molar-refractivity contribution in [3.05, 3.63) is 11.6 Å². The van der Waals surface area contributed by atoms with Gasteiger partial charge >= 0.3 is 0 Å². The molecule has 96 valence electrons. The molecular weight excluding hydrogens is 214 g/mol. The van der Waals surface area contributed by atoms with Crippen LogP contribution in [0, 0.1) is 0 Å². The van der Waals surface area contributed by atoms with Crippen LogP contribution in [0.4, 0.5) is 0 Å². The summed E-state index contributed by atoms with van der Waals surface area (Å²) in [5, 5.41) is 17.8. The summed E-state index contributed by atoms with van der Waals surface area (Å²) in [5.41, 5.74) is -0.0612. The quantitative estimate of drug-likeness (QED) is 0.860. The maximum absolute atomic E-state index is 9.37. The van der Waals surface area contributed by atoms with E-state index in [4.69, 9.17) is 0 Å². The van der Waals surface area contributed by atoms with Crippen molar-refractivity contribution in [1.82, 2.24) is 14.8 Å². The Balaban J connectivity index is 2.36. The molecule has 4 nitrogen and oxygen atoms in total. The van der Waals surface area contributed by atoms with Gasteiger partial charge in [0.05, 0.1) is 0 Å². The van der Waals surface area contributed by atoms with Gasteiger partial charge in [-0.2, -0.15) is 0 Å². The Morgan fingerprint density at radius 1 is 1.18 bits per heavy atom. The van der Waals surface area contributed by atoms with E-state index in [-0.39, 0.29) is 12.1 Å². The molecule has 1 fully saturated rings. The maximum atomic E-state index is 9.37. The molecule has 0 unspecified atom stereocenters. The Labute approximate surface area is 103 Å². The lowest BCUT2D eigenvalue weighted by Gasteiger charge is -2.29. The molecule has 4 heteroatoms. The minimum absolute atomic E-state index is 0.0308. The van der Waals surface area contributed by atoms with Gasteiger partial charge in [-0.3, -0.25) is 0 Å². The largest absolute Gasteiger partial charge is 0.388 e. The van der Waals surface area contributed by atoms with Crippen LogP contribution in [0.5, 0.6) is 0 Å². The first-order chi connectivity index (χ1) is 8.04. The molecule has 1 saturated carbocycles. The van der Waals surface area contributed by atoms with E-state index in [0.29, 0.717) is 11.7 Å². The van der Waals surface area contributed by atoms with Crippen molar-refractivity contribution in [3.8, 4) is 0 Å². The second kappa shape index (κ2) is 4.77. The molecule has 0 radical (unpaired) electrons. The number of hydrogen-bond acceptors (Lipinski definition) is 3. The number of aromatic nitrogens is 3. The summed E-state index contributed by atoms with van der Waals surface area (Å²) < 4.78 is 2.13. The van der Waals surface area contributed by atoms with E-state index in [2.05, 4.69) is 35.5 Å². The predicted molar refractivity (Wildman–Crippen MR) is 66.8 cm³/mol. The van der Waals surface area contributed by atoms with Gasteiger partial charge < -0.3 is 9.67 Å². The molecule has 0 spiro atoms. The van der Waals surface area contributed by atoms with Crippen LogP contribution < -0.4 is 0 Å². The van der Waals surface area contributed by atoms with Gasteiger partial charge in [-0.05, 0) is 33.6 Å². The van der Waals surface area contributed by atoms with Gasteiger partial charge in [0, 0.05) is 11.5 Å². The van der Waals surface area contributed by atoms with Crippen LogP contribution in [0.15, 0.2) is 0 Å². The Bertz CT molecular complexity index is 373. The first kappa shape index (κ1) is 12.6. The number of aliphatic hydroxyl groups excluding tert-OH is 1. The third-order valence-electron chi connectivity index (χ3n) is 3.54. The zero-order valence-corrected chi connectivity index (χ0v) is 11.1. The Kier molecular flexibility index (Phi) is 3.52. The molecular formula is C13H23N3O. The number of rotatable bonds is 2. The molecule has 0 amide bonds. The van der Waals surface area contributed by atoms with E-state index < -0.39 is 0 Å². The van der Waals surface area contributed by atoms with E-state index in [0.717, 1.165) is 5.82 Å². The van der Waals surface area contributed by atoms with Crippen molar-refractivity contribution < 1.29 is 5.11 Å². The lowest BCUT2D eigenvalue weighted by atomic mass is 9.88. The second-order valence-electron chi connectivity index (χ2n) is 5.97. The van der Waals surface area contributed by atoms with Gasteiger partial charge in [-0.1, -0.05) is 19.3 Å². The molecule has 1 aliphatic carbocycles. The molecule has 17 heavy (non-hydrogen) atoms. The molecule has 2 rings (SSSR count). The number of hydrogen-bond donors (Lipinski definition) is 1. The fourth-order valence-corrected chi connectivity index (χ4v) is 2.79. The van der Waals surface area contributed by atoms with Gasteiger partial charge in [0.15, 0.2) is 5.82 Å². The van der Waals surface area contributed by atoms with Crippen LogP contribution in [-0.4, -0.2) is 19.9 Å². The standard InChI is InChI=1S/C13H23N3O/c1-13(2,3)16-11(9-17)14-15-12(16)10-7-5-4-6-8-10/h10,17H,4-9H2,1-3H3. The van der Waals surface area contributed by atoms with Crippen LogP contribution in [0.2, 0.25) is 0 Å². The highest BCUT2D eigenvalue weighted by atomic mass is 16.3. The van der Waals surface area contributed by atoms with Crippen LogP contribution in [-0.2, 0) is 12.1 Å². The normalized spacial score (nSPS) is 18.6. The topological polar surface area (TPSA) is 50.9 Å². The maximum Gasteiger partial charge on any atom is 0.159 e. The number of aliphatic hydroxyl groups is 1. The minimum atomic E-state index is -0.0612. The van der Waals surface area contributed by atoms with Gasteiger partial charge in [-0.25, -0.2) is 0 Å². The van der Waals surface area contributed by atoms with E-state index in [1.165, 1.54) is 32.1 Å². The fourth-order valence-electron chi connectivity index (χ4n) is 2.79. The average Bonchev–Trinajstić information content (AvgIpc) is 2.73. The summed E-state index contributed by atoms with van der Waals surface area (Å²) in [6.45, 7) is 6.39. The predicted octanol–water partition coefficient (Wildman–Crippen LogP) is 2.57. The molecule has 0 aliphatic heterocycles. The number of nitrogens with zero attached hydrogens (tertiary/aromatic N) is 3. The monoisotopic (exact) mass is 237 g/mol. The Morgan fingerprint density at radius 3 is 2.35 bits per heavy atom. The SMILES string of the molecule is CC(C)(C)n1c(CO)nnc1C1CCCCC1. The third kappa shape index (κ3) is 2.51. The zero-order valence-electron chi connectivity index (χ0n) is 11.1. The Hall–Kier alpha value is -0.900. The average molecular weight is 237 g/mol. The van der Waals surface area contributed by atoms with Gasteiger partial charge in [0.1, 0.15) is 12.4 Å². The smallest absolute Gasteiger partial charge is 0.159 e. The fraction of sp³-hybridized carbons (Fsp3) is 0.846. The molecule has 0 atom stereocenters. The molecule has 0 bridgehead atoms. The van der Waals surface area contributed by atoms with Crippen molar-refractivity contribution in [2.24, 2.45) is 0 Å². The molecule has 0 aromatic carbocycles. The van der Waals surface area contributed by atoms with Gasteiger partial charge in [-0.15, -0.1) is 10.2 Å². The van der Waals surface area contributed by atoms with Crippen molar-refractivity contribution in [2.45, 2.75) is 70.9 Å². The van der Waals surface area contributed by atoms with E-state index in [9.17, 15) is 5.11 Å². The summed E-state index contributed by atoms with van der Waals surface area (Å²) in [5.74, 6) is 2.29. The van der Waals surface area contributed by atoms with E-state index in [1.54, 1.807) is 0 Å². The van der Waals surface area contributed by atoms with E-state index in [1.807, 2.05) is 0 Å². The first-order valence-corrected chi connectivity index (χ1v) is 6.59. The van der Waals surface area contributed by atoms with Gasteiger partial charge in [0.2, 0.25) is 0 Å². The highest BCUT2D eigenvalue weighted by Gasteiger charge is 2.28. The highest BCUT2D eigenvalue weighted by Crippen LogP contribution is 2.34. The van der Waals surface area contributed by atoms with Crippen LogP contribution >= 0.6 is 0 Å². The zero-order chi connectivity index (χ0) is 12.5. The summed E-state index contributed by atoms with van der Waals surface area (Å²) in [4.78, 5) is 0. The lowest BCUT2D eigenvalue weighted by Crippen LogP contribution is -2.28. The van der Waals surface area contributed by atoms with Crippen molar-refractivity contribution in [2.75, 3.05) is 0 Å². The summed E-state index contributed by atoms with van der Waals surface area (Å²) in [6.07, 6.45) is 6.33. The Morgan fingerprint density at radius 2 is 1.82 bits per heavy atom.